The molecule has 23 heavy (non-hydrogen) atoms. The molecule has 0 unspecified atom stereocenters. The van der Waals surface area contributed by atoms with E-state index in [9.17, 15) is 22.4 Å². The Morgan fingerprint density at radius 1 is 1.13 bits per heavy atom. The highest BCUT2D eigenvalue weighted by Gasteiger charge is 2.33. The fraction of sp³-hybridized carbons (Fsp3) is 0.133. The number of carbonyl (C=O) groups excluding carboxylic acids is 1. The van der Waals surface area contributed by atoms with E-state index in [0.29, 0.717) is 6.07 Å². The summed E-state index contributed by atoms with van der Waals surface area (Å²) < 4.78 is 51.6. The molecule has 2 rings (SSSR count). The number of rotatable bonds is 3. The van der Waals surface area contributed by atoms with Gasteiger partial charge in [0.1, 0.15) is 5.82 Å². The molecule has 0 radical (unpaired) electrons. The Morgan fingerprint density at radius 2 is 1.83 bits per heavy atom. The number of alkyl halides is 3. The van der Waals surface area contributed by atoms with Gasteiger partial charge >= 0.3 is 6.18 Å². The van der Waals surface area contributed by atoms with Crippen LogP contribution in [0.25, 0.3) is 0 Å². The molecule has 0 aliphatic heterocycles. The summed E-state index contributed by atoms with van der Waals surface area (Å²) in [5, 5.41) is 2.46. The van der Waals surface area contributed by atoms with Crippen molar-refractivity contribution in [3.63, 3.8) is 0 Å². The van der Waals surface area contributed by atoms with Crippen LogP contribution < -0.4 is 5.32 Å². The molecule has 2 aromatic rings. The van der Waals surface area contributed by atoms with Crippen molar-refractivity contribution >= 4 is 29.1 Å². The smallest absolute Gasteiger partial charge is 0.348 e. The lowest BCUT2D eigenvalue weighted by atomic mass is 10.1. The summed E-state index contributed by atoms with van der Waals surface area (Å²) in [6.45, 7) is -0.434. The minimum atomic E-state index is -4.73. The first-order chi connectivity index (χ1) is 10.7. The molecule has 0 heterocycles. The lowest BCUT2D eigenvalue weighted by Crippen LogP contribution is -2.25. The van der Waals surface area contributed by atoms with Crippen LogP contribution in [-0.4, -0.2) is 5.91 Å². The number of amides is 1. The van der Waals surface area contributed by atoms with E-state index in [1.807, 2.05) is 0 Å². The topological polar surface area (TPSA) is 29.1 Å². The lowest BCUT2D eigenvalue weighted by molar-refractivity contribution is -0.138. The lowest BCUT2D eigenvalue weighted by Gasteiger charge is -2.14. The van der Waals surface area contributed by atoms with Crippen LogP contribution in [0.2, 0.25) is 10.0 Å². The first kappa shape index (κ1) is 17.6. The van der Waals surface area contributed by atoms with E-state index in [2.05, 4.69) is 5.32 Å². The Kier molecular flexibility index (Phi) is 5.16. The SMILES string of the molecule is O=C(NCc1ccc(F)cc1C(F)(F)F)c1cccc(Cl)c1Cl. The van der Waals surface area contributed by atoms with Crippen LogP contribution in [0.5, 0.6) is 0 Å². The van der Waals surface area contributed by atoms with E-state index in [4.69, 9.17) is 23.2 Å². The average molecular weight is 366 g/mol. The van der Waals surface area contributed by atoms with Crippen LogP contribution in [0, 0.1) is 5.82 Å². The van der Waals surface area contributed by atoms with Gasteiger partial charge in [0.15, 0.2) is 0 Å². The summed E-state index contributed by atoms with van der Waals surface area (Å²) >= 11 is 11.6. The predicted molar refractivity (Wildman–Crippen MR) is 79.0 cm³/mol. The van der Waals surface area contributed by atoms with Crippen LogP contribution in [0.1, 0.15) is 21.5 Å². The molecule has 2 nitrogen and oxygen atoms in total. The van der Waals surface area contributed by atoms with E-state index in [1.165, 1.54) is 18.2 Å². The average Bonchev–Trinajstić information content (AvgIpc) is 2.47. The second-order valence-electron chi connectivity index (χ2n) is 4.58. The fourth-order valence-corrected chi connectivity index (χ4v) is 2.30. The van der Waals surface area contributed by atoms with Crippen molar-refractivity contribution in [1.29, 1.82) is 0 Å². The Labute approximate surface area is 139 Å². The van der Waals surface area contributed by atoms with Crippen LogP contribution in [0.4, 0.5) is 17.6 Å². The number of hydrogen-bond acceptors (Lipinski definition) is 1. The minimum absolute atomic E-state index is 0.00168. The van der Waals surface area contributed by atoms with Crippen LogP contribution in [-0.2, 0) is 12.7 Å². The highest BCUT2D eigenvalue weighted by molar-refractivity contribution is 6.43. The van der Waals surface area contributed by atoms with E-state index in [-0.39, 0.29) is 21.2 Å². The van der Waals surface area contributed by atoms with Gasteiger partial charge in [-0.25, -0.2) is 4.39 Å². The van der Waals surface area contributed by atoms with Gasteiger partial charge in [-0.05, 0) is 29.8 Å². The number of hydrogen-bond donors (Lipinski definition) is 1. The van der Waals surface area contributed by atoms with Gasteiger partial charge in [-0.3, -0.25) is 4.79 Å². The third-order valence-corrected chi connectivity index (χ3v) is 3.83. The second kappa shape index (κ2) is 6.76. The highest BCUT2D eigenvalue weighted by Crippen LogP contribution is 2.32. The Balaban J connectivity index is 2.21. The third-order valence-electron chi connectivity index (χ3n) is 3.01. The Hall–Kier alpha value is -1.79. The van der Waals surface area contributed by atoms with E-state index in [0.717, 1.165) is 12.1 Å². The van der Waals surface area contributed by atoms with Crippen molar-refractivity contribution in [2.24, 2.45) is 0 Å². The fourth-order valence-electron chi connectivity index (χ4n) is 1.92. The van der Waals surface area contributed by atoms with Gasteiger partial charge in [0, 0.05) is 6.54 Å². The van der Waals surface area contributed by atoms with Crippen molar-refractivity contribution in [3.05, 3.63) is 69.0 Å². The normalized spacial score (nSPS) is 11.4. The van der Waals surface area contributed by atoms with Gasteiger partial charge in [-0.2, -0.15) is 13.2 Å². The molecule has 2 aromatic carbocycles. The number of benzene rings is 2. The maximum absolute atomic E-state index is 13.0. The zero-order chi connectivity index (χ0) is 17.2. The monoisotopic (exact) mass is 365 g/mol. The van der Waals surface area contributed by atoms with E-state index >= 15 is 0 Å². The second-order valence-corrected chi connectivity index (χ2v) is 5.37. The van der Waals surface area contributed by atoms with E-state index in [1.54, 1.807) is 0 Å². The van der Waals surface area contributed by atoms with Crippen molar-refractivity contribution in [2.75, 3.05) is 0 Å². The van der Waals surface area contributed by atoms with Gasteiger partial charge in [-0.15, -0.1) is 0 Å². The van der Waals surface area contributed by atoms with Crippen molar-refractivity contribution in [1.82, 2.24) is 5.32 Å². The predicted octanol–water partition coefficient (Wildman–Crippen LogP) is 5.08. The molecule has 0 fully saturated rings. The number of halogens is 6. The zero-order valence-corrected chi connectivity index (χ0v) is 12.9. The zero-order valence-electron chi connectivity index (χ0n) is 11.3. The molecule has 0 aliphatic carbocycles. The minimum Gasteiger partial charge on any atom is -0.348 e. The standard InChI is InChI=1S/C15H9Cl2F4NO/c16-12-3-1-2-10(13(12)17)14(23)22-7-8-4-5-9(18)6-11(8)15(19,20)21/h1-6H,7H2,(H,22,23). The molecule has 0 aromatic heterocycles. The van der Waals surface area contributed by atoms with Crippen molar-refractivity contribution in [2.45, 2.75) is 12.7 Å². The molecule has 1 N–H and O–H groups in total. The summed E-state index contributed by atoms with van der Waals surface area (Å²) in [7, 11) is 0. The molecule has 0 saturated carbocycles. The first-order valence-corrected chi connectivity index (χ1v) is 7.03. The van der Waals surface area contributed by atoms with Gasteiger partial charge in [0.25, 0.3) is 5.91 Å². The van der Waals surface area contributed by atoms with Gasteiger partial charge in [0.2, 0.25) is 0 Å². The summed E-state index contributed by atoms with van der Waals surface area (Å²) in [4.78, 5) is 12.0. The molecule has 0 atom stereocenters. The molecule has 0 bridgehead atoms. The first-order valence-electron chi connectivity index (χ1n) is 6.28. The molecular formula is C15H9Cl2F4NO. The van der Waals surface area contributed by atoms with Crippen LogP contribution in [0.3, 0.4) is 0 Å². The number of nitrogens with one attached hydrogen (secondary N) is 1. The largest absolute Gasteiger partial charge is 0.416 e. The third kappa shape index (κ3) is 4.14. The van der Waals surface area contributed by atoms with Gasteiger partial charge in [0.05, 0.1) is 21.2 Å². The molecule has 8 heteroatoms. The highest BCUT2D eigenvalue weighted by atomic mass is 35.5. The molecule has 122 valence electrons. The summed E-state index contributed by atoms with van der Waals surface area (Å²) in [6.07, 6.45) is -4.73. The maximum atomic E-state index is 13.0. The summed E-state index contributed by atoms with van der Waals surface area (Å²) in [5.41, 5.74) is -1.37. The molecular weight excluding hydrogens is 357 g/mol. The Morgan fingerprint density at radius 3 is 2.48 bits per heavy atom. The maximum Gasteiger partial charge on any atom is 0.416 e. The van der Waals surface area contributed by atoms with Crippen LogP contribution >= 0.6 is 23.2 Å². The van der Waals surface area contributed by atoms with Gasteiger partial charge < -0.3 is 5.32 Å². The van der Waals surface area contributed by atoms with E-state index < -0.39 is 30.0 Å². The summed E-state index contributed by atoms with van der Waals surface area (Å²) in [5.74, 6) is -1.69. The van der Waals surface area contributed by atoms with Gasteiger partial charge in [-0.1, -0.05) is 35.3 Å². The molecule has 1 amide bonds. The molecule has 0 aliphatic rings. The van der Waals surface area contributed by atoms with Crippen molar-refractivity contribution in [3.8, 4) is 0 Å². The Bertz CT molecular complexity index is 747. The van der Waals surface area contributed by atoms with Crippen molar-refractivity contribution < 1.29 is 22.4 Å². The molecule has 0 saturated heterocycles. The summed E-state index contributed by atoms with van der Waals surface area (Å²) in [6, 6.07) is 6.60. The number of carbonyl (C=O) groups is 1. The van der Waals surface area contributed by atoms with Crippen LogP contribution in [0.15, 0.2) is 36.4 Å². The molecule has 0 spiro atoms. The quantitative estimate of drug-likeness (QED) is 0.754.